The number of nitrogens with one attached hydrogen (secondary N) is 1. The lowest BCUT2D eigenvalue weighted by Crippen LogP contribution is -2.40. The first-order valence-corrected chi connectivity index (χ1v) is 11.7. The minimum Gasteiger partial charge on any atom is -0.318 e. The number of anilines is 1. The van der Waals surface area contributed by atoms with Gasteiger partial charge in [-0.25, -0.2) is 0 Å². The second-order valence-electron chi connectivity index (χ2n) is 8.98. The summed E-state index contributed by atoms with van der Waals surface area (Å²) in [5.41, 5.74) is 7.78. The molecule has 0 bridgehead atoms. The third-order valence-corrected chi connectivity index (χ3v) is 6.38. The molecule has 0 saturated carbocycles. The third kappa shape index (κ3) is 3.84. The standard InChI is InChI=1S/C27H24N8O/c1-17-6-4-7-21(30-17)16-35-23-9-5-8-22(26(23)18(2)32-35)31-27(36)24-14-28-25-12-19(10-11-34(24)25)20-13-29-33(3)15-20/h4-13,15H,14,16H2,1-3H3/p+1. The Morgan fingerprint density at radius 2 is 1.97 bits per heavy atom. The average molecular weight is 478 g/mol. The molecule has 5 aromatic rings. The normalized spacial score (nSPS) is 12.6. The van der Waals surface area contributed by atoms with Crippen molar-refractivity contribution in [3.05, 3.63) is 95.4 Å². The average Bonchev–Trinajstić information content (AvgIpc) is 3.56. The molecule has 36 heavy (non-hydrogen) atoms. The van der Waals surface area contributed by atoms with Gasteiger partial charge in [-0.15, -0.1) is 0 Å². The van der Waals surface area contributed by atoms with E-state index in [-0.39, 0.29) is 5.91 Å². The molecule has 0 saturated heterocycles. The van der Waals surface area contributed by atoms with Gasteiger partial charge in [0.15, 0.2) is 6.54 Å². The molecule has 0 atom stereocenters. The Morgan fingerprint density at radius 3 is 2.78 bits per heavy atom. The van der Waals surface area contributed by atoms with Crippen LogP contribution in [0.5, 0.6) is 0 Å². The number of rotatable bonds is 5. The molecule has 1 amide bonds. The number of aromatic nitrogens is 6. The molecule has 5 heterocycles. The zero-order chi connectivity index (χ0) is 24.8. The van der Waals surface area contributed by atoms with Gasteiger partial charge in [0.2, 0.25) is 5.71 Å². The molecular formula is C27H25N8O+. The third-order valence-electron chi connectivity index (χ3n) is 6.38. The first-order valence-electron chi connectivity index (χ1n) is 11.7. The molecule has 0 unspecified atom stereocenters. The van der Waals surface area contributed by atoms with Crippen LogP contribution in [0.15, 0.2) is 72.1 Å². The van der Waals surface area contributed by atoms with E-state index in [1.807, 2.05) is 96.9 Å². The van der Waals surface area contributed by atoms with E-state index in [0.717, 1.165) is 50.3 Å². The SMILES string of the molecule is Cc1cccc(Cn2nc(C)c3c(NC(=O)C4=[n+]5ccc(-c6cnn(C)c6)cc5=NC4)cccc32)n1. The molecule has 0 radical (unpaired) electrons. The summed E-state index contributed by atoms with van der Waals surface area (Å²) in [6.45, 7) is 4.81. The summed E-state index contributed by atoms with van der Waals surface area (Å²) in [6, 6.07) is 15.8. The van der Waals surface area contributed by atoms with E-state index >= 15 is 0 Å². The van der Waals surface area contributed by atoms with Crippen LogP contribution in [-0.2, 0) is 18.4 Å². The Hall–Kier alpha value is -4.66. The van der Waals surface area contributed by atoms with Gasteiger partial charge in [-0.05, 0) is 49.7 Å². The van der Waals surface area contributed by atoms with Crippen LogP contribution in [0.3, 0.4) is 0 Å². The molecule has 9 heteroatoms. The first-order chi connectivity index (χ1) is 17.5. The highest BCUT2D eigenvalue weighted by atomic mass is 16.2. The Bertz CT molecular complexity index is 1780. The Morgan fingerprint density at radius 1 is 1.11 bits per heavy atom. The van der Waals surface area contributed by atoms with Crippen molar-refractivity contribution in [2.45, 2.75) is 20.4 Å². The first kappa shape index (κ1) is 21.8. The molecular weight excluding hydrogens is 452 g/mol. The number of benzene rings is 1. The quantitative estimate of drug-likeness (QED) is 0.393. The van der Waals surface area contributed by atoms with E-state index < -0.39 is 0 Å². The van der Waals surface area contributed by atoms with Crippen LogP contribution >= 0.6 is 0 Å². The molecule has 6 rings (SSSR count). The van der Waals surface area contributed by atoms with Crippen LogP contribution in [0, 0.1) is 19.6 Å². The van der Waals surface area contributed by atoms with Gasteiger partial charge in [-0.1, -0.05) is 17.1 Å². The Labute approximate surface area is 207 Å². The lowest BCUT2D eigenvalue weighted by atomic mass is 10.1. The maximum atomic E-state index is 13.3. The second kappa shape index (κ2) is 8.53. The van der Waals surface area contributed by atoms with Crippen LogP contribution in [0.2, 0.25) is 0 Å². The van der Waals surface area contributed by atoms with Crippen molar-refractivity contribution >= 4 is 22.5 Å². The number of fused-ring (bicyclic) bond motifs is 2. The molecule has 178 valence electrons. The minimum absolute atomic E-state index is 0.184. The smallest absolute Gasteiger partial charge is 0.318 e. The highest BCUT2D eigenvalue weighted by Gasteiger charge is 2.25. The fourth-order valence-electron chi connectivity index (χ4n) is 4.68. The molecule has 4 aromatic heterocycles. The predicted octanol–water partition coefficient (Wildman–Crippen LogP) is 2.44. The highest BCUT2D eigenvalue weighted by molar-refractivity contribution is 6.05. The highest BCUT2D eigenvalue weighted by Crippen LogP contribution is 2.27. The fourth-order valence-corrected chi connectivity index (χ4v) is 4.68. The summed E-state index contributed by atoms with van der Waals surface area (Å²) in [5.74, 6) is -0.184. The Balaban J connectivity index is 1.32. The van der Waals surface area contributed by atoms with Crippen LogP contribution in [0.25, 0.3) is 22.0 Å². The van der Waals surface area contributed by atoms with Gasteiger partial charge in [-0.3, -0.25) is 19.1 Å². The van der Waals surface area contributed by atoms with Gasteiger partial charge >= 0.3 is 5.49 Å². The molecule has 0 spiro atoms. The van der Waals surface area contributed by atoms with Gasteiger partial charge in [-0.2, -0.15) is 14.4 Å². The molecule has 1 aliphatic rings. The number of carbonyl (C=O) groups excluding carboxylic acids is 1. The van der Waals surface area contributed by atoms with Gasteiger partial charge in [0, 0.05) is 36.0 Å². The molecule has 1 aliphatic heterocycles. The van der Waals surface area contributed by atoms with Crippen molar-refractivity contribution in [2.75, 3.05) is 11.9 Å². The van der Waals surface area contributed by atoms with E-state index in [0.29, 0.717) is 18.8 Å². The maximum Gasteiger partial charge on any atom is 0.323 e. The van der Waals surface area contributed by atoms with Crippen molar-refractivity contribution in [1.29, 1.82) is 0 Å². The van der Waals surface area contributed by atoms with Crippen molar-refractivity contribution in [3.8, 4) is 11.1 Å². The number of hydrogen-bond donors (Lipinski definition) is 1. The number of amides is 1. The van der Waals surface area contributed by atoms with Gasteiger partial charge < -0.3 is 5.32 Å². The zero-order valence-electron chi connectivity index (χ0n) is 20.3. The molecule has 9 nitrogen and oxygen atoms in total. The molecule has 0 aliphatic carbocycles. The zero-order valence-corrected chi connectivity index (χ0v) is 20.3. The Kier molecular flexibility index (Phi) is 5.18. The monoisotopic (exact) mass is 477 g/mol. The molecule has 1 N–H and O–H groups in total. The number of nitrogens with zero attached hydrogens (tertiary/aromatic N) is 7. The number of hydrogen-bond acceptors (Lipinski definition) is 5. The summed E-state index contributed by atoms with van der Waals surface area (Å²) in [6.07, 6.45) is 5.66. The van der Waals surface area contributed by atoms with E-state index in [1.54, 1.807) is 4.68 Å². The fraction of sp³-hybridized carbons (Fsp3) is 0.185. The number of carbonyl (C=O) groups is 1. The number of aryl methyl sites for hydroxylation is 3. The van der Waals surface area contributed by atoms with Gasteiger partial charge in [0.1, 0.15) is 0 Å². The maximum absolute atomic E-state index is 13.3. The van der Waals surface area contributed by atoms with Crippen molar-refractivity contribution in [2.24, 2.45) is 12.0 Å². The van der Waals surface area contributed by atoms with Crippen molar-refractivity contribution in [3.63, 3.8) is 0 Å². The predicted molar refractivity (Wildman–Crippen MR) is 135 cm³/mol. The van der Waals surface area contributed by atoms with Crippen LogP contribution < -0.4 is 15.0 Å². The largest absolute Gasteiger partial charge is 0.323 e. The van der Waals surface area contributed by atoms with Crippen molar-refractivity contribution < 1.29 is 9.04 Å². The summed E-state index contributed by atoms with van der Waals surface area (Å²) >= 11 is 0. The van der Waals surface area contributed by atoms with Crippen LogP contribution in [-0.4, -0.2) is 37.0 Å². The number of pyridine rings is 2. The second-order valence-corrected chi connectivity index (χ2v) is 8.98. The van der Waals surface area contributed by atoms with Gasteiger partial charge in [0.25, 0.3) is 5.91 Å². The lowest BCUT2D eigenvalue weighted by molar-refractivity contribution is -0.530. The summed E-state index contributed by atoms with van der Waals surface area (Å²) in [7, 11) is 1.89. The van der Waals surface area contributed by atoms with E-state index in [2.05, 4.69) is 20.4 Å². The lowest BCUT2D eigenvalue weighted by Gasteiger charge is -2.07. The topological polar surface area (TPSA) is 95.9 Å². The van der Waals surface area contributed by atoms with Crippen LogP contribution in [0.4, 0.5) is 5.69 Å². The van der Waals surface area contributed by atoms with E-state index in [9.17, 15) is 4.79 Å². The van der Waals surface area contributed by atoms with Crippen molar-refractivity contribution in [1.82, 2.24) is 24.5 Å². The minimum atomic E-state index is -0.184. The van der Waals surface area contributed by atoms with Gasteiger partial charge in [0.05, 0.1) is 41.5 Å². The van der Waals surface area contributed by atoms with E-state index in [1.165, 1.54) is 0 Å². The van der Waals surface area contributed by atoms with E-state index in [4.69, 9.17) is 5.10 Å². The summed E-state index contributed by atoms with van der Waals surface area (Å²) in [5, 5.41) is 13.0. The molecule has 0 fully saturated rings. The molecule has 1 aromatic carbocycles. The van der Waals surface area contributed by atoms with Crippen LogP contribution in [0.1, 0.15) is 17.1 Å². The summed E-state index contributed by atoms with van der Waals surface area (Å²) < 4.78 is 5.54. The summed E-state index contributed by atoms with van der Waals surface area (Å²) in [4.78, 5) is 22.5.